The summed E-state index contributed by atoms with van der Waals surface area (Å²) in [5.74, 6) is 0.135. The summed E-state index contributed by atoms with van der Waals surface area (Å²) in [6.07, 6.45) is 0. The maximum atomic E-state index is 11.8. The number of nitrogens with zero attached hydrogens (tertiary/aromatic N) is 2. The van der Waals surface area contributed by atoms with Gasteiger partial charge in [0.1, 0.15) is 0 Å². The van der Waals surface area contributed by atoms with Crippen LogP contribution in [0.3, 0.4) is 0 Å². The molecule has 1 atom stereocenters. The van der Waals surface area contributed by atoms with E-state index in [1.807, 2.05) is 19.9 Å². The van der Waals surface area contributed by atoms with E-state index in [1.54, 1.807) is 0 Å². The highest BCUT2D eigenvalue weighted by Crippen LogP contribution is 2.16. The molecule has 1 heterocycles. The SMILES string of the molecule is CCNC(=O)[C@H](C)N1CCN(c2ccccc2)CC1. The van der Waals surface area contributed by atoms with Crippen molar-refractivity contribution in [2.45, 2.75) is 19.9 Å². The molecule has 4 nitrogen and oxygen atoms in total. The number of hydrogen-bond acceptors (Lipinski definition) is 3. The summed E-state index contributed by atoms with van der Waals surface area (Å²) in [6.45, 7) is 8.48. The van der Waals surface area contributed by atoms with Crippen LogP contribution >= 0.6 is 0 Å². The third-order valence-corrected chi connectivity index (χ3v) is 3.71. The molecule has 2 rings (SSSR count). The van der Waals surface area contributed by atoms with Crippen LogP contribution in [0.15, 0.2) is 30.3 Å². The summed E-state index contributed by atoms with van der Waals surface area (Å²) in [7, 11) is 0. The fourth-order valence-electron chi connectivity index (χ4n) is 2.49. The molecule has 1 saturated heterocycles. The third kappa shape index (κ3) is 3.47. The second kappa shape index (κ2) is 6.57. The van der Waals surface area contributed by atoms with Crippen molar-refractivity contribution in [3.8, 4) is 0 Å². The molecule has 0 spiro atoms. The van der Waals surface area contributed by atoms with Gasteiger partial charge in [-0.1, -0.05) is 18.2 Å². The first kappa shape index (κ1) is 13.9. The van der Waals surface area contributed by atoms with Gasteiger partial charge in [-0.2, -0.15) is 0 Å². The first-order chi connectivity index (χ1) is 9.22. The van der Waals surface area contributed by atoms with Crippen LogP contribution in [0.5, 0.6) is 0 Å². The van der Waals surface area contributed by atoms with Gasteiger partial charge in [0.25, 0.3) is 0 Å². The maximum Gasteiger partial charge on any atom is 0.237 e. The lowest BCUT2D eigenvalue weighted by Gasteiger charge is -2.38. The minimum absolute atomic E-state index is 0.0297. The fourth-order valence-corrected chi connectivity index (χ4v) is 2.49. The van der Waals surface area contributed by atoms with E-state index in [9.17, 15) is 4.79 Å². The van der Waals surface area contributed by atoms with Crippen LogP contribution in [0.2, 0.25) is 0 Å². The minimum Gasteiger partial charge on any atom is -0.369 e. The lowest BCUT2D eigenvalue weighted by Crippen LogP contribution is -2.54. The molecule has 0 aromatic heterocycles. The first-order valence-corrected chi connectivity index (χ1v) is 7.04. The van der Waals surface area contributed by atoms with Gasteiger partial charge in [-0.15, -0.1) is 0 Å². The Morgan fingerprint density at radius 1 is 1.21 bits per heavy atom. The molecule has 104 valence electrons. The topological polar surface area (TPSA) is 35.6 Å². The van der Waals surface area contributed by atoms with Gasteiger partial charge in [-0.3, -0.25) is 9.69 Å². The third-order valence-electron chi connectivity index (χ3n) is 3.71. The molecule has 4 heteroatoms. The Hall–Kier alpha value is -1.55. The lowest BCUT2D eigenvalue weighted by molar-refractivity contribution is -0.125. The molecule has 1 aromatic carbocycles. The number of piperazine rings is 1. The number of likely N-dealkylation sites (N-methyl/N-ethyl adjacent to an activating group) is 1. The Labute approximate surface area is 115 Å². The van der Waals surface area contributed by atoms with E-state index in [0.717, 1.165) is 26.2 Å². The van der Waals surface area contributed by atoms with Gasteiger partial charge < -0.3 is 10.2 Å². The molecular weight excluding hydrogens is 238 g/mol. The number of benzene rings is 1. The van der Waals surface area contributed by atoms with E-state index in [0.29, 0.717) is 6.54 Å². The molecule has 0 radical (unpaired) electrons. The Morgan fingerprint density at radius 3 is 2.42 bits per heavy atom. The molecule has 1 amide bonds. The number of carbonyl (C=O) groups is 1. The minimum atomic E-state index is -0.0297. The molecule has 1 aromatic rings. The van der Waals surface area contributed by atoms with Crippen LogP contribution in [0.4, 0.5) is 5.69 Å². The Bertz CT molecular complexity index is 399. The highest BCUT2D eigenvalue weighted by atomic mass is 16.2. The number of carbonyl (C=O) groups excluding carboxylic acids is 1. The second-order valence-electron chi connectivity index (χ2n) is 4.93. The van der Waals surface area contributed by atoms with Crippen LogP contribution in [-0.2, 0) is 4.79 Å². The van der Waals surface area contributed by atoms with Gasteiger partial charge in [-0.05, 0) is 26.0 Å². The molecule has 1 aliphatic heterocycles. The number of nitrogens with one attached hydrogen (secondary N) is 1. The second-order valence-corrected chi connectivity index (χ2v) is 4.93. The summed E-state index contributed by atoms with van der Waals surface area (Å²) in [4.78, 5) is 16.5. The van der Waals surface area contributed by atoms with Crippen molar-refractivity contribution < 1.29 is 4.79 Å². The summed E-state index contributed by atoms with van der Waals surface area (Å²) in [5, 5.41) is 2.89. The van der Waals surface area contributed by atoms with E-state index >= 15 is 0 Å². The van der Waals surface area contributed by atoms with E-state index in [1.165, 1.54) is 5.69 Å². The highest BCUT2D eigenvalue weighted by molar-refractivity contribution is 5.81. The van der Waals surface area contributed by atoms with Crippen molar-refractivity contribution in [2.75, 3.05) is 37.6 Å². The zero-order valence-electron chi connectivity index (χ0n) is 11.8. The van der Waals surface area contributed by atoms with Crippen molar-refractivity contribution in [1.29, 1.82) is 0 Å². The van der Waals surface area contributed by atoms with Crippen LogP contribution in [0.25, 0.3) is 0 Å². The molecule has 19 heavy (non-hydrogen) atoms. The quantitative estimate of drug-likeness (QED) is 0.888. The number of hydrogen-bond donors (Lipinski definition) is 1. The largest absolute Gasteiger partial charge is 0.369 e. The molecule has 1 aliphatic rings. The predicted molar refractivity (Wildman–Crippen MR) is 78.4 cm³/mol. The van der Waals surface area contributed by atoms with E-state index in [-0.39, 0.29) is 11.9 Å². The van der Waals surface area contributed by atoms with Crippen molar-refractivity contribution in [2.24, 2.45) is 0 Å². The van der Waals surface area contributed by atoms with Gasteiger partial charge in [0.2, 0.25) is 5.91 Å². The van der Waals surface area contributed by atoms with Gasteiger partial charge in [-0.25, -0.2) is 0 Å². The van der Waals surface area contributed by atoms with E-state index in [4.69, 9.17) is 0 Å². The number of amides is 1. The van der Waals surface area contributed by atoms with Crippen LogP contribution in [-0.4, -0.2) is 49.6 Å². The molecule has 0 saturated carbocycles. The summed E-state index contributed by atoms with van der Waals surface area (Å²) < 4.78 is 0. The zero-order valence-corrected chi connectivity index (χ0v) is 11.8. The lowest BCUT2D eigenvalue weighted by atomic mass is 10.2. The first-order valence-electron chi connectivity index (χ1n) is 7.04. The molecular formula is C15H23N3O. The average Bonchev–Trinajstić information content (AvgIpc) is 2.48. The molecule has 0 aliphatic carbocycles. The number of rotatable bonds is 4. The Balaban J connectivity index is 1.87. The molecule has 1 fully saturated rings. The van der Waals surface area contributed by atoms with Gasteiger partial charge in [0, 0.05) is 38.4 Å². The highest BCUT2D eigenvalue weighted by Gasteiger charge is 2.25. The normalized spacial score (nSPS) is 18.1. The summed E-state index contributed by atoms with van der Waals surface area (Å²) >= 11 is 0. The standard InChI is InChI=1S/C15H23N3O/c1-3-16-15(19)13(2)17-9-11-18(12-10-17)14-7-5-4-6-8-14/h4-8,13H,3,9-12H2,1-2H3,(H,16,19)/t13-/m0/s1. The van der Waals surface area contributed by atoms with Crippen LogP contribution in [0, 0.1) is 0 Å². The van der Waals surface area contributed by atoms with Crippen molar-refractivity contribution in [3.63, 3.8) is 0 Å². The monoisotopic (exact) mass is 261 g/mol. The number of anilines is 1. The summed E-state index contributed by atoms with van der Waals surface area (Å²) in [5.41, 5.74) is 1.27. The van der Waals surface area contributed by atoms with Gasteiger partial charge >= 0.3 is 0 Å². The average molecular weight is 261 g/mol. The Kier molecular flexibility index (Phi) is 4.80. The maximum absolute atomic E-state index is 11.8. The molecule has 0 bridgehead atoms. The van der Waals surface area contributed by atoms with Gasteiger partial charge in [0.05, 0.1) is 6.04 Å². The fraction of sp³-hybridized carbons (Fsp3) is 0.533. The van der Waals surface area contributed by atoms with Crippen LogP contribution < -0.4 is 10.2 Å². The van der Waals surface area contributed by atoms with Gasteiger partial charge in [0.15, 0.2) is 0 Å². The van der Waals surface area contributed by atoms with Crippen molar-refractivity contribution in [3.05, 3.63) is 30.3 Å². The molecule has 0 unspecified atom stereocenters. The van der Waals surface area contributed by atoms with E-state index in [2.05, 4.69) is 39.4 Å². The van der Waals surface area contributed by atoms with Crippen molar-refractivity contribution >= 4 is 11.6 Å². The summed E-state index contributed by atoms with van der Waals surface area (Å²) in [6, 6.07) is 10.4. The zero-order chi connectivity index (χ0) is 13.7. The Morgan fingerprint density at radius 2 is 1.84 bits per heavy atom. The van der Waals surface area contributed by atoms with Crippen LogP contribution in [0.1, 0.15) is 13.8 Å². The van der Waals surface area contributed by atoms with Crippen molar-refractivity contribution in [1.82, 2.24) is 10.2 Å². The predicted octanol–water partition coefficient (Wildman–Crippen LogP) is 1.33. The number of para-hydroxylation sites is 1. The smallest absolute Gasteiger partial charge is 0.237 e. The molecule has 1 N–H and O–H groups in total. The van der Waals surface area contributed by atoms with E-state index < -0.39 is 0 Å².